The van der Waals surface area contributed by atoms with E-state index in [0.29, 0.717) is 11.8 Å². The second-order valence-electron chi connectivity index (χ2n) is 17.4. The van der Waals surface area contributed by atoms with Crippen LogP contribution in [-0.4, -0.2) is 0 Å². The first-order valence-electron chi connectivity index (χ1n) is 19.0. The molecular formula is C51H46. The average molecular weight is 659 g/mol. The van der Waals surface area contributed by atoms with Crippen molar-refractivity contribution in [2.45, 2.75) is 71.6 Å². The number of allylic oxidation sites excluding steroid dienone is 6. The summed E-state index contributed by atoms with van der Waals surface area (Å²) in [5.74, 6) is 0.806. The topological polar surface area (TPSA) is 0 Å². The quantitative estimate of drug-likeness (QED) is 0.180. The molecule has 5 aliphatic carbocycles. The Kier molecular flexibility index (Phi) is 6.24. The molecule has 0 aliphatic heterocycles. The predicted octanol–water partition coefficient (Wildman–Crippen LogP) is 13.7. The molecule has 2 unspecified atom stereocenters. The third-order valence-corrected chi connectivity index (χ3v) is 13.6. The van der Waals surface area contributed by atoms with Gasteiger partial charge in [-0.05, 0) is 125 Å². The predicted molar refractivity (Wildman–Crippen MR) is 217 cm³/mol. The van der Waals surface area contributed by atoms with E-state index in [-0.39, 0.29) is 16.2 Å². The van der Waals surface area contributed by atoms with Crippen LogP contribution >= 0.6 is 0 Å². The Bertz CT molecular complexity index is 2480. The molecule has 0 saturated carbocycles. The third-order valence-electron chi connectivity index (χ3n) is 13.6. The van der Waals surface area contributed by atoms with Gasteiger partial charge in [0.05, 0.1) is 0 Å². The summed E-state index contributed by atoms with van der Waals surface area (Å²) >= 11 is 0. The Morgan fingerprint density at radius 1 is 0.588 bits per heavy atom. The summed E-state index contributed by atoms with van der Waals surface area (Å²) in [5.41, 5.74) is 23.7. The van der Waals surface area contributed by atoms with E-state index < -0.39 is 0 Å². The minimum atomic E-state index is -0.107. The van der Waals surface area contributed by atoms with Gasteiger partial charge >= 0.3 is 0 Å². The Balaban J connectivity index is 1.03. The van der Waals surface area contributed by atoms with Crippen molar-refractivity contribution in [1.82, 2.24) is 0 Å². The van der Waals surface area contributed by atoms with Gasteiger partial charge in [-0.1, -0.05) is 158 Å². The van der Waals surface area contributed by atoms with Gasteiger partial charge in [0.15, 0.2) is 0 Å². The van der Waals surface area contributed by atoms with Gasteiger partial charge in [-0.3, -0.25) is 0 Å². The van der Waals surface area contributed by atoms with E-state index in [2.05, 4.69) is 176 Å². The van der Waals surface area contributed by atoms with Crippen LogP contribution < -0.4 is 0 Å². The van der Waals surface area contributed by atoms with E-state index in [1.54, 1.807) is 0 Å². The van der Waals surface area contributed by atoms with Crippen molar-refractivity contribution in [3.8, 4) is 44.5 Å². The molecule has 2 atom stereocenters. The van der Waals surface area contributed by atoms with Gasteiger partial charge in [0, 0.05) is 22.7 Å². The number of benzene rings is 5. The first-order valence-corrected chi connectivity index (χ1v) is 19.0. The van der Waals surface area contributed by atoms with Crippen LogP contribution in [0.25, 0.3) is 56.7 Å². The second kappa shape index (κ2) is 10.3. The van der Waals surface area contributed by atoms with Gasteiger partial charge in [-0.15, -0.1) is 0 Å². The molecule has 0 radical (unpaired) electrons. The standard InChI is InChI=1S/C51H46/c1-8-49(2,3)36-25-34-14-13-30-15-20-37(42-24-19-35(26-36)47(34)48(30)42)33-18-23-41-40-22-17-32(28-45(40)51(6,7)46(41)29-33)31-16-21-39-38-11-9-10-12-43(38)50(4,5)44(39)27-31/h9-29,34,47H,8H2,1-7H3. The van der Waals surface area contributed by atoms with Crippen molar-refractivity contribution in [3.05, 3.63) is 165 Å². The van der Waals surface area contributed by atoms with Crippen molar-refractivity contribution in [3.63, 3.8) is 0 Å². The normalized spacial score (nSPS) is 20.5. The molecule has 51 heavy (non-hydrogen) atoms. The lowest BCUT2D eigenvalue weighted by Gasteiger charge is -2.39. The molecule has 0 bridgehead atoms. The molecule has 5 aromatic carbocycles. The summed E-state index contributed by atoms with van der Waals surface area (Å²) < 4.78 is 0. The zero-order chi connectivity index (χ0) is 35.0. The van der Waals surface area contributed by atoms with Gasteiger partial charge < -0.3 is 0 Å². The lowest BCUT2D eigenvalue weighted by molar-refractivity contribution is 0.430. The molecule has 0 nitrogen and oxygen atoms in total. The lowest BCUT2D eigenvalue weighted by Crippen LogP contribution is -2.25. The van der Waals surface area contributed by atoms with Crippen LogP contribution in [0.1, 0.15) is 99.7 Å². The van der Waals surface area contributed by atoms with Crippen LogP contribution in [0.5, 0.6) is 0 Å². The molecule has 0 spiro atoms. The second-order valence-corrected chi connectivity index (χ2v) is 17.4. The molecule has 0 N–H and O–H groups in total. The van der Waals surface area contributed by atoms with E-state index in [4.69, 9.17) is 0 Å². The van der Waals surface area contributed by atoms with Gasteiger partial charge in [-0.25, -0.2) is 0 Å². The summed E-state index contributed by atoms with van der Waals surface area (Å²) in [6.07, 6.45) is 15.8. The summed E-state index contributed by atoms with van der Waals surface area (Å²) in [5, 5.41) is 0. The lowest BCUT2D eigenvalue weighted by atomic mass is 9.64. The Labute approximate surface area is 304 Å². The minimum absolute atomic E-state index is 0.00652. The summed E-state index contributed by atoms with van der Waals surface area (Å²) in [6.45, 7) is 16.6. The van der Waals surface area contributed by atoms with Crippen LogP contribution in [0.15, 0.2) is 126 Å². The van der Waals surface area contributed by atoms with Gasteiger partial charge in [0.1, 0.15) is 0 Å². The van der Waals surface area contributed by atoms with Gasteiger partial charge in [-0.2, -0.15) is 0 Å². The Morgan fingerprint density at radius 2 is 1.16 bits per heavy atom. The fourth-order valence-electron chi connectivity index (χ4n) is 10.1. The van der Waals surface area contributed by atoms with Crippen LogP contribution in [0.2, 0.25) is 0 Å². The first kappa shape index (κ1) is 30.8. The van der Waals surface area contributed by atoms with E-state index in [9.17, 15) is 0 Å². The summed E-state index contributed by atoms with van der Waals surface area (Å²) in [7, 11) is 0. The molecule has 5 aromatic rings. The van der Waals surface area contributed by atoms with Crippen LogP contribution in [0.3, 0.4) is 0 Å². The smallest absolute Gasteiger partial charge is 0.0199 e. The largest absolute Gasteiger partial charge is 0.0760 e. The SMILES string of the molecule is CCC(C)(C)C1=CC2C=Cc3ccc(-c4ccc5c(c4)C(C)(C)c4cc(-c6ccc7c(c6)C(C)(C)c6ccccc6-7)ccc4-5)c4c3C2C(=C1)C=C4. The van der Waals surface area contributed by atoms with Gasteiger partial charge in [0.2, 0.25) is 0 Å². The monoisotopic (exact) mass is 658 g/mol. The summed E-state index contributed by atoms with van der Waals surface area (Å²) in [4.78, 5) is 0. The van der Waals surface area contributed by atoms with E-state index in [1.165, 1.54) is 94.6 Å². The van der Waals surface area contributed by atoms with Crippen LogP contribution in [-0.2, 0) is 10.8 Å². The fourth-order valence-corrected chi connectivity index (χ4v) is 10.1. The molecule has 0 amide bonds. The summed E-state index contributed by atoms with van der Waals surface area (Å²) in [6, 6.07) is 35.2. The molecule has 0 heteroatoms. The highest BCUT2D eigenvalue weighted by molar-refractivity contribution is 5.90. The maximum absolute atomic E-state index is 2.55. The average Bonchev–Trinajstić information content (AvgIpc) is 3.52. The molecule has 250 valence electrons. The van der Waals surface area contributed by atoms with Crippen molar-refractivity contribution in [1.29, 1.82) is 0 Å². The molecule has 0 heterocycles. The molecular weight excluding hydrogens is 613 g/mol. The zero-order valence-corrected chi connectivity index (χ0v) is 31.0. The third kappa shape index (κ3) is 4.20. The van der Waals surface area contributed by atoms with Crippen molar-refractivity contribution in [2.75, 3.05) is 0 Å². The highest BCUT2D eigenvalue weighted by atomic mass is 14.4. The van der Waals surface area contributed by atoms with Crippen molar-refractivity contribution >= 4 is 12.2 Å². The van der Waals surface area contributed by atoms with Crippen LogP contribution in [0.4, 0.5) is 0 Å². The number of hydrogen-bond donors (Lipinski definition) is 0. The van der Waals surface area contributed by atoms with Crippen LogP contribution in [0, 0.1) is 11.3 Å². The number of fused-ring (bicyclic) bond motifs is 6. The van der Waals surface area contributed by atoms with E-state index >= 15 is 0 Å². The highest BCUT2D eigenvalue weighted by Gasteiger charge is 2.39. The Hall–Kier alpha value is -4.94. The minimum Gasteiger partial charge on any atom is -0.0760 e. The maximum Gasteiger partial charge on any atom is 0.0199 e. The first-order chi connectivity index (χ1) is 24.5. The molecule has 10 rings (SSSR count). The number of hydrogen-bond acceptors (Lipinski definition) is 0. The fraction of sp³-hybridized carbons (Fsp3) is 0.255. The van der Waals surface area contributed by atoms with E-state index in [1.807, 2.05) is 0 Å². The van der Waals surface area contributed by atoms with Crippen molar-refractivity contribution in [2.24, 2.45) is 11.3 Å². The molecule has 0 fully saturated rings. The van der Waals surface area contributed by atoms with Crippen molar-refractivity contribution < 1.29 is 0 Å². The molecule has 5 aliphatic rings. The number of rotatable bonds is 4. The molecule has 0 saturated heterocycles. The van der Waals surface area contributed by atoms with E-state index in [0.717, 1.165) is 6.42 Å². The molecule has 0 aromatic heterocycles. The maximum atomic E-state index is 2.55. The zero-order valence-electron chi connectivity index (χ0n) is 31.0. The van der Waals surface area contributed by atoms with Gasteiger partial charge in [0.25, 0.3) is 0 Å². The highest BCUT2D eigenvalue weighted by Crippen LogP contribution is 2.55. The Morgan fingerprint density at radius 3 is 1.82 bits per heavy atom.